The Labute approximate surface area is 154 Å². The zero-order valence-electron chi connectivity index (χ0n) is 15.3. The quantitative estimate of drug-likeness (QED) is 0.374. The van der Waals surface area contributed by atoms with Gasteiger partial charge in [-0.15, -0.1) is 13.2 Å². The number of carboxylic acid groups (broad SMARTS) is 2. The van der Waals surface area contributed by atoms with Gasteiger partial charge < -0.3 is 19.7 Å². The van der Waals surface area contributed by atoms with Crippen molar-refractivity contribution in [1.82, 2.24) is 4.90 Å². The van der Waals surface area contributed by atoms with E-state index in [4.69, 9.17) is 29.3 Å². The van der Waals surface area contributed by atoms with E-state index in [-0.39, 0.29) is 0 Å². The van der Waals surface area contributed by atoms with Crippen molar-refractivity contribution in [3.05, 3.63) is 49.1 Å². The van der Waals surface area contributed by atoms with Crippen LogP contribution < -0.4 is 9.47 Å². The van der Waals surface area contributed by atoms with Crippen molar-refractivity contribution in [2.75, 3.05) is 33.4 Å². The Balaban J connectivity index is 0.000000896. The summed E-state index contributed by atoms with van der Waals surface area (Å²) in [5, 5.41) is 14.8. The van der Waals surface area contributed by atoms with Gasteiger partial charge in [-0.3, -0.25) is 4.90 Å². The van der Waals surface area contributed by atoms with E-state index in [9.17, 15) is 0 Å². The van der Waals surface area contributed by atoms with Crippen molar-refractivity contribution >= 4 is 11.9 Å². The van der Waals surface area contributed by atoms with Crippen LogP contribution in [-0.2, 0) is 9.59 Å². The van der Waals surface area contributed by atoms with Gasteiger partial charge in [-0.25, -0.2) is 9.59 Å². The molecule has 0 amide bonds. The molecule has 7 nitrogen and oxygen atoms in total. The van der Waals surface area contributed by atoms with Gasteiger partial charge >= 0.3 is 11.9 Å². The van der Waals surface area contributed by atoms with Crippen LogP contribution in [0.1, 0.15) is 12.0 Å². The molecule has 7 heteroatoms. The molecule has 0 fully saturated rings. The fourth-order valence-electron chi connectivity index (χ4n) is 1.99. The molecular formula is C19H27NO6. The highest BCUT2D eigenvalue weighted by atomic mass is 16.5. The summed E-state index contributed by atoms with van der Waals surface area (Å²) >= 11 is 0. The van der Waals surface area contributed by atoms with Gasteiger partial charge in [-0.1, -0.05) is 18.2 Å². The minimum Gasteiger partial charge on any atom is -0.493 e. The Bertz CT molecular complexity index is 578. The highest BCUT2D eigenvalue weighted by Gasteiger charge is 2.05. The topological polar surface area (TPSA) is 96.3 Å². The van der Waals surface area contributed by atoms with Crippen molar-refractivity contribution in [3.63, 3.8) is 0 Å². The van der Waals surface area contributed by atoms with Crippen LogP contribution in [0.2, 0.25) is 0 Å². The van der Waals surface area contributed by atoms with Crippen LogP contribution in [0.25, 0.3) is 0 Å². The molecule has 26 heavy (non-hydrogen) atoms. The first-order valence-electron chi connectivity index (χ1n) is 8.03. The molecule has 0 aromatic heterocycles. The summed E-state index contributed by atoms with van der Waals surface area (Å²) in [5.41, 5.74) is 1.16. The number of methoxy groups -OCH3 is 1. The summed E-state index contributed by atoms with van der Waals surface area (Å²) in [7, 11) is 1.66. The lowest BCUT2D eigenvalue weighted by Crippen LogP contribution is -2.26. The SMILES string of the molecule is C=CCN(CC=C)CCCOc1ccc(C)cc1OC.O=C(O)C(=O)O. The van der Waals surface area contributed by atoms with Gasteiger partial charge in [0.05, 0.1) is 13.7 Å². The van der Waals surface area contributed by atoms with Crippen LogP contribution in [-0.4, -0.2) is 60.4 Å². The van der Waals surface area contributed by atoms with Crippen LogP contribution in [0, 0.1) is 6.92 Å². The predicted octanol–water partition coefficient (Wildman–Crippen LogP) is 2.60. The Kier molecular flexibility index (Phi) is 12.0. The normalized spacial score (nSPS) is 9.65. The third-order valence-corrected chi connectivity index (χ3v) is 3.15. The van der Waals surface area contributed by atoms with E-state index in [0.29, 0.717) is 6.61 Å². The van der Waals surface area contributed by atoms with Crippen molar-refractivity contribution in [2.24, 2.45) is 0 Å². The lowest BCUT2D eigenvalue weighted by Gasteiger charge is -2.18. The number of carboxylic acids is 2. The number of benzene rings is 1. The van der Waals surface area contributed by atoms with E-state index in [1.165, 1.54) is 0 Å². The molecule has 0 saturated heterocycles. The van der Waals surface area contributed by atoms with Gasteiger partial charge in [0.25, 0.3) is 0 Å². The van der Waals surface area contributed by atoms with Gasteiger partial charge in [0, 0.05) is 19.6 Å². The van der Waals surface area contributed by atoms with Gasteiger partial charge in [0.15, 0.2) is 11.5 Å². The largest absolute Gasteiger partial charge is 0.493 e. The number of hydrogen-bond donors (Lipinski definition) is 2. The lowest BCUT2D eigenvalue weighted by atomic mass is 10.2. The summed E-state index contributed by atoms with van der Waals surface area (Å²) in [6.07, 6.45) is 4.78. The first-order chi connectivity index (χ1) is 12.3. The molecule has 0 saturated carbocycles. The van der Waals surface area contributed by atoms with Gasteiger partial charge in [-0.05, 0) is 31.0 Å². The number of ether oxygens (including phenoxy) is 2. The minimum absolute atomic E-state index is 0.671. The lowest BCUT2D eigenvalue weighted by molar-refractivity contribution is -0.159. The second-order valence-electron chi connectivity index (χ2n) is 5.30. The monoisotopic (exact) mass is 365 g/mol. The molecule has 0 heterocycles. The highest BCUT2D eigenvalue weighted by molar-refractivity contribution is 6.27. The maximum absolute atomic E-state index is 9.10. The second-order valence-corrected chi connectivity index (χ2v) is 5.30. The molecule has 1 aromatic carbocycles. The average molecular weight is 365 g/mol. The van der Waals surface area contributed by atoms with Crippen molar-refractivity contribution < 1.29 is 29.3 Å². The van der Waals surface area contributed by atoms with Crippen LogP contribution in [0.15, 0.2) is 43.5 Å². The van der Waals surface area contributed by atoms with Crippen molar-refractivity contribution in [1.29, 1.82) is 0 Å². The number of rotatable bonds is 10. The maximum Gasteiger partial charge on any atom is 0.414 e. The van der Waals surface area contributed by atoms with Gasteiger partial charge in [0.1, 0.15) is 0 Å². The third-order valence-electron chi connectivity index (χ3n) is 3.15. The van der Waals surface area contributed by atoms with Crippen LogP contribution in [0.4, 0.5) is 0 Å². The van der Waals surface area contributed by atoms with E-state index in [1.807, 2.05) is 37.3 Å². The summed E-state index contributed by atoms with van der Waals surface area (Å²) in [4.78, 5) is 20.5. The minimum atomic E-state index is -1.82. The molecule has 0 aliphatic carbocycles. The molecule has 0 atom stereocenters. The molecular weight excluding hydrogens is 338 g/mol. The van der Waals surface area contributed by atoms with E-state index >= 15 is 0 Å². The highest BCUT2D eigenvalue weighted by Crippen LogP contribution is 2.27. The Morgan fingerprint density at radius 1 is 1.12 bits per heavy atom. The molecule has 144 valence electrons. The standard InChI is InChI=1S/C17H25NO2.C2H2O4/c1-5-10-18(11-6-2)12-7-13-20-16-9-8-15(3)14-17(16)19-4;3-1(4)2(5)6/h5-6,8-9,14H,1-2,7,10-13H2,3-4H3;(H,3,4)(H,5,6). The molecule has 0 spiro atoms. The number of carbonyl (C=O) groups is 2. The van der Waals surface area contributed by atoms with E-state index in [1.54, 1.807) is 7.11 Å². The third kappa shape index (κ3) is 10.1. The Morgan fingerprint density at radius 3 is 2.15 bits per heavy atom. The molecule has 0 unspecified atom stereocenters. The predicted molar refractivity (Wildman–Crippen MR) is 99.9 cm³/mol. The number of hydrogen-bond acceptors (Lipinski definition) is 5. The van der Waals surface area contributed by atoms with Crippen LogP contribution in [0.5, 0.6) is 11.5 Å². The van der Waals surface area contributed by atoms with E-state index < -0.39 is 11.9 Å². The number of aryl methyl sites for hydroxylation is 1. The molecule has 1 rings (SSSR count). The first-order valence-corrected chi connectivity index (χ1v) is 8.03. The van der Waals surface area contributed by atoms with Gasteiger partial charge in [-0.2, -0.15) is 0 Å². The van der Waals surface area contributed by atoms with Crippen molar-refractivity contribution in [3.8, 4) is 11.5 Å². The Hall–Kier alpha value is -2.80. The zero-order chi connectivity index (χ0) is 19.9. The van der Waals surface area contributed by atoms with Crippen LogP contribution >= 0.6 is 0 Å². The summed E-state index contributed by atoms with van der Waals surface area (Å²) < 4.78 is 11.1. The smallest absolute Gasteiger partial charge is 0.414 e. The molecule has 0 radical (unpaired) electrons. The summed E-state index contributed by atoms with van der Waals surface area (Å²) in [6.45, 7) is 13.0. The van der Waals surface area contributed by atoms with Gasteiger partial charge in [0.2, 0.25) is 0 Å². The molecule has 0 aliphatic rings. The zero-order valence-corrected chi connectivity index (χ0v) is 15.3. The maximum atomic E-state index is 9.10. The van der Waals surface area contributed by atoms with Crippen molar-refractivity contribution in [2.45, 2.75) is 13.3 Å². The average Bonchev–Trinajstić information content (AvgIpc) is 2.60. The molecule has 1 aromatic rings. The Morgan fingerprint density at radius 2 is 1.69 bits per heavy atom. The second kappa shape index (κ2) is 13.5. The van der Waals surface area contributed by atoms with E-state index in [2.05, 4.69) is 18.1 Å². The van der Waals surface area contributed by atoms with E-state index in [0.717, 1.165) is 43.1 Å². The molecule has 0 bridgehead atoms. The molecule has 0 aliphatic heterocycles. The fourth-order valence-corrected chi connectivity index (χ4v) is 1.99. The van der Waals surface area contributed by atoms with Crippen LogP contribution in [0.3, 0.4) is 0 Å². The fraction of sp³-hybridized carbons (Fsp3) is 0.368. The first kappa shape index (κ1) is 23.2. The number of aliphatic carboxylic acids is 2. The summed E-state index contributed by atoms with van der Waals surface area (Å²) in [6, 6.07) is 5.97. The summed E-state index contributed by atoms with van der Waals surface area (Å²) in [5.74, 6) is -2.05. The molecule has 2 N–H and O–H groups in total. The number of nitrogens with zero attached hydrogens (tertiary/aromatic N) is 1.